The molecule has 25 heavy (non-hydrogen) atoms. The van der Waals surface area contributed by atoms with E-state index in [1.165, 1.54) is 30.1 Å². The summed E-state index contributed by atoms with van der Waals surface area (Å²) in [5.74, 6) is -0.725. The van der Waals surface area contributed by atoms with Crippen LogP contribution in [-0.2, 0) is 11.8 Å². The van der Waals surface area contributed by atoms with Crippen LogP contribution < -0.4 is 15.0 Å². The van der Waals surface area contributed by atoms with Crippen molar-refractivity contribution < 1.29 is 22.7 Å². The topological polar surface area (TPSA) is 59.4 Å². The molecule has 0 aliphatic carbocycles. The lowest BCUT2D eigenvalue weighted by Gasteiger charge is -2.23. The lowest BCUT2D eigenvalue weighted by molar-refractivity contribution is -0.274. The maximum absolute atomic E-state index is 12.6. The summed E-state index contributed by atoms with van der Waals surface area (Å²) in [7, 11) is 4.82. The zero-order valence-electron chi connectivity index (χ0n) is 13.7. The van der Waals surface area contributed by atoms with Crippen LogP contribution in [0.1, 0.15) is 11.6 Å². The second kappa shape index (κ2) is 8.21. The third kappa shape index (κ3) is 5.36. The lowest BCUT2D eigenvalue weighted by Crippen LogP contribution is -2.37. The van der Waals surface area contributed by atoms with Crippen LogP contribution in [0.4, 0.5) is 18.9 Å². The van der Waals surface area contributed by atoms with Gasteiger partial charge in [-0.2, -0.15) is 5.10 Å². The molecule has 1 aromatic heterocycles. The third-order valence-electron chi connectivity index (χ3n) is 3.36. The Morgan fingerprint density at radius 3 is 2.60 bits per heavy atom. The van der Waals surface area contributed by atoms with E-state index < -0.39 is 12.4 Å². The van der Waals surface area contributed by atoms with Gasteiger partial charge in [-0.05, 0) is 19.2 Å². The normalized spacial score (nSPS) is 12.2. The molecule has 0 fully saturated rings. The fourth-order valence-electron chi connectivity index (χ4n) is 2.23. The van der Waals surface area contributed by atoms with Gasteiger partial charge in [0.15, 0.2) is 0 Å². The van der Waals surface area contributed by atoms with Crippen LogP contribution in [-0.4, -0.2) is 36.1 Å². The van der Waals surface area contributed by atoms with Crippen LogP contribution in [0.2, 0.25) is 0 Å². The fourth-order valence-corrected chi connectivity index (χ4v) is 2.23. The minimum Gasteiger partial charge on any atom is -0.406 e. The van der Waals surface area contributed by atoms with Gasteiger partial charge in [0.25, 0.3) is 0 Å². The van der Waals surface area contributed by atoms with Crippen molar-refractivity contribution in [3.05, 3.63) is 42.2 Å². The number of amides is 1. The van der Waals surface area contributed by atoms with Crippen molar-refractivity contribution in [2.75, 3.05) is 19.0 Å². The van der Waals surface area contributed by atoms with Crippen LogP contribution in [0.15, 0.2) is 36.7 Å². The van der Waals surface area contributed by atoms with E-state index in [0.717, 1.165) is 6.07 Å². The Bertz CT molecular complexity index is 721. The molecule has 6 nitrogen and oxygen atoms in total. The van der Waals surface area contributed by atoms with E-state index >= 15 is 0 Å². The Kier molecular flexibility index (Phi) is 6.83. The Morgan fingerprint density at radius 1 is 1.40 bits per heavy atom. The van der Waals surface area contributed by atoms with Crippen molar-refractivity contribution in [3.8, 4) is 5.75 Å². The van der Waals surface area contributed by atoms with Crippen molar-refractivity contribution >= 4 is 24.0 Å². The average molecular weight is 379 g/mol. The van der Waals surface area contributed by atoms with Gasteiger partial charge in [-0.15, -0.1) is 25.6 Å². The number of nitrogens with zero attached hydrogens (tertiary/aromatic N) is 3. The average Bonchev–Trinajstić information content (AvgIpc) is 2.92. The van der Waals surface area contributed by atoms with Gasteiger partial charge in [-0.3, -0.25) is 9.48 Å². The first-order chi connectivity index (χ1) is 11.2. The molecule has 1 aromatic carbocycles. The Balaban J connectivity index is 0.00000312. The van der Waals surface area contributed by atoms with E-state index in [4.69, 9.17) is 0 Å². The van der Waals surface area contributed by atoms with Crippen LogP contribution in [0.3, 0.4) is 0 Å². The van der Waals surface area contributed by atoms with Crippen molar-refractivity contribution in [2.45, 2.75) is 12.4 Å². The van der Waals surface area contributed by atoms with Crippen LogP contribution in [0.25, 0.3) is 0 Å². The number of carbonyl (C=O) groups excluding carboxylic acids is 1. The van der Waals surface area contributed by atoms with Gasteiger partial charge in [0.1, 0.15) is 11.8 Å². The predicted octanol–water partition coefficient (Wildman–Crippen LogP) is 2.66. The van der Waals surface area contributed by atoms with E-state index in [1.807, 2.05) is 0 Å². The van der Waals surface area contributed by atoms with Crippen molar-refractivity contribution in [3.63, 3.8) is 0 Å². The largest absolute Gasteiger partial charge is 0.573 e. The molecule has 1 heterocycles. The molecule has 1 amide bonds. The number of halogens is 4. The van der Waals surface area contributed by atoms with Gasteiger partial charge in [-0.25, -0.2) is 0 Å². The summed E-state index contributed by atoms with van der Waals surface area (Å²) in [4.78, 5) is 13.9. The number of ether oxygens (including phenoxy) is 1. The Morgan fingerprint density at radius 2 is 2.08 bits per heavy atom. The minimum atomic E-state index is -4.79. The Labute approximate surface area is 149 Å². The van der Waals surface area contributed by atoms with E-state index in [0.29, 0.717) is 5.56 Å². The summed E-state index contributed by atoms with van der Waals surface area (Å²) < 4.78 is 42.4. The first-order valence-corrected chi connectivity index (χ1v) is 7.00. The molecule has 138 valence electrons. The standard InChI is InChI=1S/C15H17F3N4O2.ClH/c1-19-13(10-8-20-21(2)9-10)14(23)22(3)11-5-4-6-12(7-11)24-15(16,17)18;/h4-9,13,19H,1-3H3;1H. The summed E-state index contributed by atoms with van der Waals surface area (Å²) in [6.07, 6.45) is -1.55. The zero-order valence-corrected chi connectivity index (χ0v) is 14.6. The van der Waals surface area contributed by atoms with Crippen LogP contribution >= 0.6 is 12.4 Å². The second-order valence-electron chi connectivity index (χ2n) is 5.11. The highest BCUT2D eigenvalue weighted by Gasteiger charge is 2.31. The highest BCUT2D eigenvalue weighted by molar-refractivity contribution is 5.97. The van der Waals surface area contributed by atoms with Gasteiger partial charge in [-0.1, -0.05) is 6.07 Å². The molecule has 0 aliphatic heterocycles. The summed E-state index contributed by atoms with van der Waals surface area (Å²) >= 11 is 0. The number of carbonyl (C=O) groups is 1. The van der Waals surface area contributed by atoms with Crippen molar-refractivity contribution in [2.24, 2.45) is 7.05 Å². The predicted molar refractivity (Wildman–Crippen MR) is 88.8 cm³/mol. The number of aryl methyl sites for hydroxylation is 1. The molecule has 1 unspecified atom stereocenters. The van der Waals surface area contributed by atoms with Gasteiger partial charge in [0.05, 0.1) is 6.20 Å². The molecule has 0 spiro atoms. The lowest BCUT2D eigenvalue weighted by atomic mass is 10.1. The third-order valence-corrected chi connectivity index (χ3v) is 3.36. The number of anilines is 1. The zero-order chi connectivity index (χ0) is 17.9. The first-order valence-electron chi connectivity index (χ1n) is 7.00. The number of nitrogens with one attached hydrogen (secondary N) is 1. The van der Waals surface area contributed by atoms with E-state index in [9.17, 15) is 18.0 Å². The maximum atomic E-state index is 12.6. The molecule has 0 radical (unpaired) electrons. The highest BCUT2D eigenvalue weighted by atomic mass is 35.5. The number of alkyl halides is 3. The first kappa shape index (κ1) is 20.8. The van der Waals surface area contributed by atoms with Gasteiger partial charge >= 0.3 is 6.36 Å². The molecular weight excluding hydrogens is 361 g/mol. The molecule has 2 rings (SSSR count). The molecule has 10 heteroatoms. The van der Waals surface area contributed by atoms with E-state index in [1.54, 1.807) is 31.2 Å². The van der Waals surface area contributed by atoms with Gasteiger partial charge in [0, 0.05) is 37.6 Å². The van der Waals surface area contributed by atoms with Crippen LogP contribution in [0, 0.1) is 0 Å². The van der Waals surface area contributed by atoms with E-state index in [2.05, 4.69) is 15.2 Å². The number of aromatic nitrogens is 2. The number of benzene rings is 1. The highest BCUT2D eigenvalue weighted by Crippen LogP contribution is 2.27. The molecular formula is C15H18ClF3N4O2. The molecule has 0 saturated carbocycles. The maximum Gasteiger partial charge on any atom is 0.573 e. The Hall–Kier alpha value is -2.26. The molecule has 0 aliphatic rings. The summed E-state index contributed by atoms with van der Waals surface area (Å²) in [5, 5.41) is 6.89. The monoisotopic (exact) mass is 378 g/mol. The number of hydrogen-bond acceptors (Lipinski definition) is 4. The summed E-state index contributed by atoms with van der Waals surface area (Å²) in [5.41, 5.74) is 0.936. The number of likely N-dealkylation sites (N-methyl/N-ethyl adjacent to an activating group) is 2. The van der Waals surface area contributed by atoms with E-state index in [-0.39, 0.29) is 29.8 Å². The van der Waals surface area contributed by atoms with Crippen molar-refractivity contribution in [1.29, 1.82) is 0 Å². The van der Waals surface area contributed by atoms with Gasteiger partial charge in [0.2, 0.25) is 5.91 Å². The summed E-state index contributed by atoms with van der Waals surface area (Å²) in [6, 6.07) is 4.57. The quantitative estimate of drug-likeness (QED) is 0.869. The molecule has 2 aromatic rings. The summed E-state index contributed by atoms with van der Waals surface area (Å²) in [6.45, 7) is 0. The molecule has 1 N–H and O–H groups in total. The smallest absolute Gasteiger partial charge is 0.406 e. The molecule has 0 saturated heterocycles. The number of rotatable bonds is 5. The molecule has 0 bridgehead atoms. The minimum absolute atomic E-state index is 0. The van der Waals surface area contributed by atoms with Crippen LogP contribution in [0.5, 0.6) is 5.75 Å². The van der Waals surface area contributed by atoms with Crippen molar-refractivity contribution in [1.82, 2.24) is 15.1 Å². The van der Waals surface area contributed by atoms with Gasteiger partial charge < -0.3 is 15.0 Å². The SMILES string of the molecule is CNC(C(=O)N(C)c1cccc(OC(F)(F)F)c1)c1cnn(C)c1.Cl. The molecule has 1 atom stereocenters. The fraction of sp³-hybridized carbons (Fsp3) is 0.333. The number of hydrogen-bond donors (Lipinski definition) is 1. The second-order valence-corrected chi connectivity index (χ2v) is 5.11.